The third-order valence-corrected chi connectivity index (χ3v) is 0.183. The summed E-state index contributed by atoms with van der Waals surface area (Å²) >= 11 is 0. The van der Waals surface area contributed by atoms with Gasteiger partial charge >= 0.3 is 18.1 Å². The van der Waals surface area contributed by atoms with Gasteiger partial charge in [0.2, 0.25) is 0 Å². The molecule has 0 aliphatic carbocycles. The highest BCUT2D eigenvalue weighted by atomic mass is 16.6. The van der Waals surface area contributed by atoms with E-state index in [1.165, 1.54) is 0 Å². The van der Waals surface area contributed by atoms with E-state index in [-0.39, 0.29) is 6.15 Å². The molecule has 7 N–H and O–H groups in total. The van der Waals surface area contributed by atoms with E-state index in [1.54, 1.807) is 0 Å². The number of hydrogen-bond donors (Lipinski definition) is 5. The number of aliphatic carboxylic acids is 2. The fourth-order valence-electron chi connectivity index (χ4n) is 0. The predicted molar refractivity (Wildman–Crippen MR) is 30.9 cm³/mol. The summed E-state index contributed by atoms with van der Waals surface area (Å²) in [6.07, 6.45) is -1.83. The molecule has 0 unspecified atom stereocenters. The Morgan fingerprint density at radius 1 is 0.727 bits per heavy atom. The van der Waals surface area contributed by atoms with Crippen LogP contribution in [0.5, 0.6) is 0 Å². The standard InChI is InChI=1S/C2H2O4.CH2O3.H3N/c3-1(4)2(5)6;2-1(3)4;/h(H,3,4)(H,5,6);(H2,2,3,4);1H3. The summed E-state index contributed by atoms with van der Waals surface area (Å²) < 4.78 is 0. The molecule has 11 heavy (non-hydrogen) atoms. The molecule has 0 heterocycles. The summed E-state index contributed by atoms with van der Waals surface area (Å²) in [5, 5.41) is 28.7. The largest absolute Gasteiger partial charge is 0.503 e. The van der Waals surface area contributed by atoms with E-state index in [0.717, 1.165) is 0 Å². The molecule has 0 spiro atoms. The van der Waals surface area contributed by atoms with Crippen LogP contribution in [0.2, 0.25) is 0 Å². The zero-order valence-electron chi connectivity index (χ0n) is 5.22. The maximum atomic E-state index is 9.10. The van der Waals surface area contributed by atoms with Gasteiger partial charge in [0, 0.05) is 0 Å². The molecule has 0 aromatic carbocycles. The molecule has 0 aromatic rings. The maximum Gasteiger partial charge on any atom is 0.503 e. The molecule has 66 valence electrons. The van der Waals surface area contributed by atoms with Gasteiger partial charge in [-0.05, 0) is 0 Å². The molecule has 0 rings (SSSR count). The number of carboxylic acid groups (broad SMARTS) is 4. The third-order valence-electron chi connectivity index (χ3n) is 0.183. The van der Waals surface area contributed by atoms with Gasteiger partial charge in [0.1, 0.15) is 0 Å². The second-order valence-electron chi connectivity index (χ2n) is 0.893. The van der Waals surface area contributed by atoms with Gasteiger partial charge in [-0.25, -0.2) is 14.4 Å². The Balaban J connectivity index is -0.000000114. The van der Waals surface area contributed by atoms with Gasteiger partial charge in [0.25, 0.3) is 0 Å². The second kappa shape index (κ2) is 8.17. The van der Waals surface area contributed by atoms with Crippen LogP contribution < -0.4 is 6.15 Å². The SMILES string of the molecule is N.O=C(O)C(=O)O.O=C(O)O. The smallest absolute Gasteiger partial charge is 0.473 e. The van der Waals surface area contributed by atoms with Crippen molar-refractivity contribution in [2.24, 2.45) is 0 Å². The molecule has 0 saturated heterocycles. The Morgan fingerprint density at radius 3 is 0.818 bits per heavy atom. The van der Waals surface area contributed by atoms with Gasteiger partial charge in [-0.2, -0.15) is 0 Å². The average molecular weight is 169 g/mol. The summed E-state index contributed by atoms with van der Waals surface area (Å²) in [6.45, 7) is 0. The zero-order valence-corrected chi connectivity index (χ0v) is 5.22. The number of carbonyl (C=O) groups is 3. The van der Waals surface area contributed by atoms with E-state index in [1.807, 2.05) is 0 Å². The van der Waals surface area contributed by atoms with Crippen LogP contribution in [0.3, 0.4) is 0 Å². The molecule has 0 radical (unpaired) electrons. The average Bonchev–Trinajstić information content (AvgIpc) is 1.63. The van der Waals surface area contributed by atoms with E-state index in [0.29, 0.717) is 0 Å². The van der Waals surface area contributed by atoms with E-state index < -0.39 is 18.1 Å². The van der Waals surface area contributed by atoms with Crippen molar-refractivity contribution in [1.29, 1.82) is 0 Å². The van der Waals surface area contributed by atoms with Crippen molar-refractivity contribution in [3.8, 4) is 0 Å². The predicted octanol–water partition coefficient (Wildman–Crippen LogP) is -0.460. The van der Waals surface area contributed by atoms with Crippen molar-refractivity contribution in [2.45, 2.75) is 0 Å². The molecular weight excluding hydrogens is 162 g/mol. The van der Waals surface area contributed by atoms with Gasteiger partial charge in [-0.1, -0.05) is 0 Å². The van der Waals surface area contributed by atoms with Crippen LogP contribution in [0.15, 0.2) is 0 Å². The van der Waals surface area contributed by atoms with Crippen molar-refractivity contribution in [3.05, 3.63) is 0 Å². The minimum absolute atomic E-state index is 0. The van der Waals surface area contributed by atoms with Crippen molar-refractivity contribution in [1.82, 2.24) is 6.15 Å². The Morgan fingerprint density at radius 2 is 0.818 bits per heavy atom. The molecule has 0 bridgehead atoms. The number of rotatable bonds is 0. The number of hydrogen-bond acceptors (Lipinski definition) is 4. The van der Waals surface area contributed by atoms with Gasteiger partial charge < -0.3 is 26.6 Å². The molecule has 0 fully saturated rings. The molecule has 0 atom stereocenters. The van der Waals surface area contributed by atoms with Gasteiger partial charge in [-0.15, -0.1) is 0 Å². The van der Waals surface area contributed by atoms with Crippen LogP contribution >= 0.6 is 0 Å². The molecule has 0 aliphatic heterocycles. The maximum absolute atomic E-state index is 9.10. The van der Waals surface area contributed by atoms with E-state index in [4.69, 9.17) is 34.8 Å². The van der Waals surface area contributed by atoms with Crippen LogP contribution in [0.4, 0.5) is 4.79 Å². The lowest BCUT2D eigenvalue weighted by molar-refractivity contribution is -0.159. The Kier molecular flexibility index (Phi) is 11.9. The van der Waals surface area contributed by atoms with Crippen molar-refractivity contribution in [2.75, 3.05) is 0 Å². The lowest BCUT2D eigenvalue weighted by Crippen LogP contribution is -2.09. The normalized spacial score (nSPS) is 6.18. The first-order valence-electron chi connectivity index (χ1n) is 1.76. The molecule has 0 aliphatic rings. The lowest BCUT2D eigenvalue weighted by atomic mass is 10.7. The zero-order chi connectivity index (χ0) is 8.73. The summed E-state index contributed by atoms with van der Waals surface area (Å²) in [6, 6.07) is 0. The van der Waals surface area contributed by atoms with Gasteiger partial charge in [-0.3, -0.25) is 0 Å². The van der Waals surface area contributed by atoms with Gasteiger partial charge in [0.15, 0.2) is 0 Å². The van der Waals surface area contributed by atoms with Crippen molar-refractivity contribution < 1.29 is 34.8 Å². The second-order valence-corrected chi connectivity index (χ2v) is 0.893. The molecule has 0 amide bonds. The van der Waals surface area contributed by atoms with Crippen molar-refractivity contribution >= 4 is 18.1 Å². The highest BCUT2D eigenvalue weighted by Gasteiger charge is 2.04. The highest BCUT2D eigenvalue weighted by molar-refractivity contribution is 6.27. The fraction of sp³-hybridized carbons (Fsp3) is 0. The van der Waals surface area contributed by atoms with E-state index in [9.17, 15) is 0 Å². The quantitative estimate of drug-likeness (QED) is 0.303. The van der Waals surface area contributed by atoms with Crippen LogP contribution in [-0.4, -0.2) is 38.5 Å². The Bertz CT molecular complexity index is 136. The first-order chi connectivity index (χ1) is 4.37. The van der Waals surface area contributed by atoms with Crippen molar-refractivity contribution in [3.63, 3.8) is 0 Å². The van der Waals surface area contributed by atoms with E-state index in [2.05, 4.69) is 0 Å². The topological polar surface area (TPSA) is 167 Å². The first-order valence-corrected chi connectivity index (χ1v) is 1.76. The molecule has 0 saturated carbocycles. The van der Waals surface area contributed by atoms with Crippen LogP contribution in [-0.2, 0) is 9.59 Å². The Labute approximate surface area is 60.3 Å². The summed E-state index contributed by atoms with van der Waals surface area (Å²) in [5.74, 6) is -3.65. The minimum Gasteiger partial charge on any atom is -0.473 e. The summed E-state index contributed by atoms with van der Waals surface area (Å²) in [4.78, 5) is 26.8. The Hall–Kier alpha value is -1.83. The fourth-order valence-corrected chi connectivity index (χ4v) is 0. The highest BCUT2D eigenvalue weighted by Crippen LogP contribution is 1.56. The monoisotopic (exact) mass is 169 g/mol. The van der Waals surface area contributed by atoms with Gasteiger partial charge in [0.05, 0.1) is 0 Å². The lowest BCUT2D eigenvalue weighted by Gasteiger charge is -1.72. The summed E-state index contributed by atoms with van der Waals surface area (Å²) in [5.41, 5.74) is 0. The van der Waals surface area contributed by atoms with E-state index >= 15 is 0 Å². The molecule has 0 aromatic heterocycles. The molecular formula is C3H7NO7. The third kappa shape index (κ3) is 66.1. The molecule has 8 nitrogen and oxygen atoms in total. The number of carboxylic acids is 2. The van der Waals surface area contributed by atoms with Crippen LogP contribution in [0.1, 0.15) is 0 Å². The van der Waals surface area contributed by atoms with Crippen LogP contribution in [0, 0.1) is 0 Å². The molecule has 8 heteroatoms. The minimum atomic E-state index is -1.83. The summed E-state index contributed by atoms with van der Waals surface area (Å²) in [7, 11) is 0. The first kappa shape index (κ1) is 16.1. The van der Waals surface area contributed by atoms with Crippen LogP contribution in [0.25, 0.3) is 0 Å².